The van der Waals surface area contributed by atoms with E-state index < -0.39 is 10.1 Å². The molecule has 1 unspecified atom stereocenters. The predicted molar refractivity (Wildman–Crippen MR) is 92.1 cm³/mol. The molecule has 0 aliphatic carbocycles. The highest BCUT2D eigenvalue weighted by Gasteiger charge is 2.32. The lowest BCUT2D eigenvalue weighted by molar-refractivity contribution is 0.0778. The molecule has 2 aromatic rings. The number of ether oxygens (including phenoxy) is 2. The minimum absolute atomic E-state index is 0.0269. The fourth-order valence-electron chi connectivity index (χ4n) is 2.58. The summed E-state index contributed by atoms with van der Waals surface area (Å²) in [4.78, 5) is -0.145. The Hall–Kier alpha value is -1.48. The Labute approximate surface area is 155 Å². The number of aryl methyl sites for hydroxylation is 1. The number of aromatic nitrogens is 2. The highest BCUT2D eigenvalue weighted by Crippen LogP contribution is 2.36. The molecule has 1 aromatic heterocycles. The van der Waals surface area contributed by atoms with Crippen molar-refractivity contribution < 1.29 is 22.1 Å². The maximum Gasteiger partial charge on any atom is 0.346 e. The van der Waals surface area contributed by atoms with Crippen molar-refractivity contribution in [3.8, 4) is 11.6 Å². The number of hydrogen-bond acceptors (Lipinski definition) is 6. The number of halogens is 2. The first-order valence-electron chi connectivity index (χ1n) is 7.39. The van der Waals surface area contributed by atoms with Crippen LogP contribution in [0.2, 0.25) is 10.0 Å². The monoisotopic (exact) mass is 406 g/mol. The number of rotatable bonds is 5. The summed E-state index contributed by atoms with van der Waals surface area (Å²) >= 11 is 12.0. The quantitative estimate of drug-likeness (QED) is 0.710. The average molecular weight is 407 g/mol. The summed E-state index contributed by atoms with van der Waals surface area (Å²) in [6.07, 6.45) is 1.21. The molecule has 1 aromatic carbocycles. The predicted octanol–water partition coefficient (Wildman–Crippen LogP) is 2.92. The molecular formula is C15H16Cl2N2O5S. The Kier molecular flexibility index (Phi) is 5.15. The van der Waals surface area contributed by atoms with Gasteiger partial charge in [-0.05, 0) is 24.6 Å². The lowest BCUT2D eigenvalue weighted by atomic mass is 10.1. The highest BCUT2D eigenvalue weighted by molar-refractivity contribution is 7.87. The second kappa shape index (κ2) is 7.03. The SMILES string of the molecule is COCC1COc2c(S(=O)(=O)Oc3c(C)cc(Cl)cc3Cl)cnn2C1. The van der Waals surface area contributed by atoms with Crippen molar-refractivity contribution in [1.82, 2.24) is 9.78 Å². The zero-order valence-corrected chi connectivity index (χ0v) is 15.9. The number of nitrogens with zero attached hydrogens (tertiary/aromatic N) is 2. The summed E-state index contributed by atoms with van der Waals surface area (Å²) in [6.45, 7) is 2.99. The van der Waals surface area contributed by atoms with Gasteiger partial charge in [-0.15, -0.1) is 0 Å². The molecule has 1 aliphatic heterocycles. The largest absolute Gasteiger partial charge is 0.476 e. The van der Waals surface area contributed by atoms with E-state index in [2.05, 4.69) is 5.10 Å². The van der Waals surface area contributed by atoms with Gasteiger partial charge in [-0.2, -0.15) is 13.5 Å². The average Bonchev–Trinajstić information content (AvgIpc) is 2.95. The molecule has 0 spiro atoms. The van der Waals surface area contributed by atoms with Crippen molar-refractivity contribution in [2.45, 2.75) is 18.4 Å². The van der Waals surface area contributed by atoms with Crippen molar-refractivity contribution in [3.05, 3.63) is 33.9 Å². The third kappa shape index (κ3) is 3.72. The van der Waals surface area contributed by atoms with Gasteiger partial charge in [0.1, 0.15) is 0 Å². The van der Waals surface area contributed by atoms with Gasteiger partial charge in [0.15, 0.2) is 10.6 Å². The number of methoxy groups -OCH3 is 1. The van der Waals surface area contributed by atoms with E-state index in [0.29, 0.717) is 30.3 Å². The Balaban J connectivity index is 1.90. The molecular weight excluding hydrogens is 391 g/mol. The second-order valence-corrected chi connectivity index (χ2v) is 8.06. The van der Waals surface area contributed by atoms with Crippen molar-refractivity contribution in [2.24, 2.45) is 5.92 Å². The molecule has 7 nitrogen and oxygen atoms in total. The molecule has 10 heteroatoms. The van der Waals surface area contributed by atoms with Crippen LogP contribution in [0.4, 0.5) is 0 Å². The van der Waals surface area contributed by atoms with Gasteiger partial charge < -0.3 is 13.7 Å². The maximum absolute atomic E-state index is 12.7. The Morgan fingerprint density at radius 2 is 2.16 bits per heavy atom. The topological polar surface area (TPSA) is 79.7 Å². The van der Waals surface area contributed by atoms with E-state index in [-0.39, 0.29) is 27.5 Å². The van der Waals surface area contributed by atoms with Crippen LogP contribution in [0.3, 0.4) is 0 Å². The first-order valence-corrected chi connectivity index (χ1v) is 9.56. The first-order chi connectivity index (χ1) is 11.8. The van der Waals surface area contributed by atoms with Gasteiger partial charge in [0.05, 0.1) is 31.0 Å². The normalized spacial score (nSPS) is 17.0. The van der Waals surface area contributed by atoms with Crippen LogP contribution in [-0.2, 0) is 21.4 Å². The Morgan fingerprint density at radius 1 is 1.40 bits per heavy atom. The second-order valence-electron chi connectivity index (χ2n) is 5.70. The van der Waals surface area contributed by atoms with Crippen molar-refractivity contribution >= 4 is 33.3 Å². The van der Waals surface area contributed by atoms with E-state index in [9.17, 15) is 8.42 Å². The van der Waals surface area contributed by atoms with Crippen molar-refractivity contribution in [2.75, 3.05) is 20.3 Å². The molecule has 1 aliphatic rings. The maximum atomic E-state index is 12.7. The van der Waals surface area contributed by atoms with E-state index in [0.717, 1.165) is 0 Å². The summed E-state index contributed by atoms with van der Waals surface area (Å²) in [5.41, 5.74) is 0.503. The Morgan fingerprint density at radius 3 is 2.84 bits per heavy atom. The van der Waals surface area contributed by atoms with E-state index in [1.54, 1.807) is 20.1 Å². The fourth-order valence-corrected chi connectivity index (χ4v) is 4.35. The van der Waals surface area contributed by atoms with E-state index >= 15 is 0 Å². The van der Waals surface area contributed by atoms with Crippen LogP contribution >= 0.6 is 23.2 Å². The molecule has 136 valence electrons. The van der Waals surface area contributed by atoms with Gasteiger partial charge in [0, 0.05) is 18.1 Å². The molecule has 0 saturated carbocycles. The summed E-state index contributed by atoms with van der Waals surface area (Å²) < 4.78 is 42.7. The molecule has 0 saturated heterocycles. The molecule has 3 rings (SSSR count). The van der Waals surface area contributed by atoms with Gasteiger partial charge in [-0.25, -0.2) is 4.68 Å². The van der Waals surface area contributed by atoms with Gasteiger partial charge in [0.2, 0.25) is 5.88 Å². The standard InChI is InChI=1S/C15H16Cl2N2O5S/c1-9-3-11(16)4-12(17)14(9)24-25(20,21)13-5-18-19-6-10(7-22-2)8-23-15(13)19/h3-5,10H,6-8H2,1-2H3. The van der Waals surface area contributed by atoms with Crippen LogP contribution < -0.4 is 8.92 Å². The minimum atomic E-state index is -4.17. The van der Waals surface area contributed by atoms with Crippen molar-refractivity contribution in [1.29, 1.82) is 0 Å². The van der Waals surface area contributed by atoms with Crippen LogP contribution in [0.5, 0.6) is 11.6 Å². The summed E-state index contributed by atoms with van der Waals surface area (Å²) in [6, 6.07) is 2.98. The molecule has 0 radical (unpaired) electrons. The van der Waals surface area contributed by atoms with Gasteiger partial charge >= 0.3 is 10.1 Å². The highest BCUT2D eigenvalue weighted by atomic mass is 35.5. The van der Waals surface area contributed by atoms with Crippen LogP contribution in [0.15, 0.2) is 23.2 Å². The van der Waals surface area contributed by atoms with Crippen LogP contribution in [0.1, 0.15) is 5.56 Å². The van der Waals surface area contributed by atoms with E-state index in [1.165, 1.54) is 16.9 Å². The van der Waals surface area contributed by atoms with E-state index in [4.69, 9.17) is 36.9 Å². The van der Waals surface area contributed by atoms with Crippen LogP contribution in [-0.4, -0.2) is 38.5 Å². The fraction of sp³-hybridized carbons (Fsp3) is 0.400. The zero-order chi connectivity index (χ0) is 18.2. The van der Waals surface area contributed by atoms with Crippen molar-refractivity contribution in [3.63, 3.8) is 0 Å². The number of hydrogen-bond donors (Lipinski definition) is 0. The molecule has 0 bridgehead atoms. The van der Waals surface area contributed by atoms with Crippen LogP contribution in [0, 0.1) is 12.8 Å². The third-order valence-electron chi connectivity index (χ3n) is 3.71. The summed E-state index contributed by atoms with van der Waals surface area (Å²) in [7, 11) is -2.57. The lowest BCUT2D eigenvalue weighted by Gasteiger charge is -2.23. The van der Waals surface area contributed by atoms with Gasteiger partial charge in [0.25, 0.3) is 0 Å². The third-order valence-corrected chi connectivity index (χ3v) is 5.41. The molecule has 2 heterocycles. The molecule has 0 N–H and O–H groups in total. The summed E-state index contributed by atoms with van der Waals surface area (Å²) in [5.74, 6) is 0.274. The first kappa shape index (κ1) is 18.3. The van der Waals surface area contributed by atoms with Crippen LogP contribution in [0.25, 0.3) is 0 Å². The zero-order valence-electron chi connectivity index (χ0n) is 13.5. The molecule has 25 heavy (non-hydrogen) atoms. The smallest absolute Gasteiger partial charge is 0.346 e. The molecule has 1 atom stereocenters. The lowest BCUT2D eigenvalue weighted by Crippen LogP contribution is -2.29. The number of benzene rings is 1. The van der Waals surface area contributed by atoms with Gasteiger partial charge in [-0.1, -0.05) is 23.2 Å². The van der Waals surface area contributed by atoms with E-state index in [1.807, 2.05) is 0 Å². The minimum Gasteiger partial charge on any atom is -0.476 e. The molecule has 0 amide bonds. The van der Waals surface area contributed by atoms with Gasteiger partial charge in [-0.3, -0.25) is 0 Å². The summed E-state index contributed by atoms with van der Waals surface area (Å²) in [5, 5.41) is 4.58. The number of fused-ring (bicyclic) bond motifs is 1. The molecule has 0 fully saturated rings. The Bertz CT molecular complexity index is 874.